The van der Waals surface area contributed by atoms with Crippen LogP contribution < -0.4 is 4.74 Å². The Bertz CT molecular complexity index is 1200. The van der Waals surface area contributed by atoms with Gasteiger partial charge in [-0.2, -0.15) is 0 Å². The smallest absolute Gasteiger partial charge is 0.258 e. The minimum absolute atomic E-state index is 0.0598. The number of benzene rings is 2. The Morgan fingerprint density at radius 1 is 1.16 bits per heavy atom. The summed E-state index contributed by atoms with van der Waals surface area (Å²) in [6.07, 6.45) is 0.394. The van der Waals surface area contributed by atoms with Crippen LogP contribution in [0.2, 0.25) is 5.02 Å². The normalized spacial score (nSPS) is 17.4. The highest BCUT2D eigenvalue weighted by Gasteiger charge is 2.36. The lowest BCUT2D eigenvalue weighted by atomic mass is 10.1. The Balaban J connectivity index is 1.65. The average Bonchev–Trinajstić information content (AvgIpc) is 3.37. The first-order valence-corrected chi connectivity index (χ1v) is 12.1. The molecule has 1 fully saturated rings. The molecule has 3 aromatic rings. The number of hydrogen-bond acceptors (Lipinski definition) is 5. The topological polar surface area (TPSA) is 76.8 Å². The molecular formula is C23H22ClNO5S. The summed E-state index contributed by atoms with van der Waals surface area (Å²) in [6, 6.07) is 17.4. The summed E-state index contributed by atoms with van der Waals surface area (Å²) >= 11 is 6.07. The Kier molecular flexibility index (Phi) is 6.07. The Morgan fingerprint density at radius 3 is 2.68 bits per heavy atom. The fourth-order valence-electron chi connectivity index (χ4n) is 3.79. The molecule has 1 aliphatic rings. The fraction of sp³-hybridized carbons (Fsp3) is 0.261. The van der Waals surface area contributed by atoms with Gasteiger partial charge in [0.25, 0.3) is 5.91 Å². The van der Waals surface area contributed by atoms with Gasteiger partial charge in [0.2, 0.25) is 0 Å². The summed E-state index contributed by atoms with van der Waals surface area (Å²) in [5, 5.41) is 0.597. The standard InChI is InChI=1S/C23H22ClNO5S/c1-29-22-8-3-2-7-20(22)23(26)25(18-11-12-31(27,28)15-18)14-19-9-10-21(30-19)16-5-4-6-17(24)13-16/h2-10,13,18H,11-12,14-15H2,1H3/t18-/m0/s1. The maximum atomic E-state index is 13.4. The number of nitrogens with zero attached hydrogens (tertiary/aromatic N) is 1. The van der Waals surface area contributed by atoms with E-state index in [2.05, 4.69) is 0 Å². The highest BCUT2D eigenvalue weighted by atomic mass is 35.5. The molecule has 1 aromatic heterocycles. The van der Waals surface area contributed by atoms with Gasteiger partial charge in [0.1, 0.15) is 17.3 Å². The van der Waals surface area contributed by atoms with Crippen LogP contribution in [0.4, 0.5) is 0 Å². The van der Waals surface area contributed by atoms with Gasteiger partial charge in [-0.1, -0.05) is 35.9 Å². The quantitative estimate of drug-likeness (QED) is 0.544. The number of rotatable bonds is 6. The summed E-state index contributed by atoms with van der Waals surface area (Å²) in [5.74, 6) is 1.34. The van der Waals surface area contributed by atoms with E-state index in [-0.39, 0.29) is 24.0 Å². The molecule has 0 aliphatic carbocycles. The zero-order valence-electron chi connectivity index (χ0n) is 17.0. The van der Waals surface area contributed by atoms with Crippen LogP contribution in [0.15, 0.2) is 65.1 Å². The van der Waals surface area contributed by atoms with Crippen molar-refractivity contribution < 1.29 is 22.4 Å². The second kappa shape index (κ2) is 8.77. The molecule has 0 bridgehead atoms. The van der Waals surface area contributed by atoms with E-state index < -0.39 is 15.9 Å². The summed E-state index contributed by atoms with van der Waals surface area (Å²) in [7, 11) is -1.68. The molecule has 0 radical (unpaired) electrons. The van der Waals surface area contributed by atoms with E-state index in [0.717, 1.165) is 5.56 Å². The van der Waals surface area contributed by atoms with Crippen molar-refractivity contribution in [1.82, 2.24) is 4.90 Å². The number of amides is 1. The summed E-state index contributed by atoms with van der Waals surface area (Å²) in [4.78, 5) is 15.0. The van der Waals surface area contributed by atoms with Crippen molar-refractivity contribution in [2.45, 2.75) is 19.0 Å². The first-order chi connectivity index (χ1) is 14.9. The van der Waals surface area contributed by atoms with E-state index in [4.69, 9.17) is 20.8 Å². The Hall–Kier alpha value is -2.77. The van der Waals surface area contributed by atoms with E-state index in [0.29, 0.717) is 34.3 Å². The largest absolute Gasteiger partial charge is 0.496 e. The van der Waals surface area contributed by atoms with Crippen LogP contribution in [0, 0.1) is 0 Å². The van der Waals surface area contributed by atoms with Gasteiger partial charge in [-0.3, -0.25) is 4.79 Å². The molecule has 0 N–H and O–H groups in total. The second-order valence-corrected chi connectivity index (χ2v) is 10.1. The molecule has 1 aliphatic heterocycles. The molecule has 0 saturated carbocycles. The number of para-hydroxylation sites is 1. The molecule has 162 valence electrons. The molecule has 8 heteroatoms. The molecule has 4 rings (SSSR count). The maximum absolute atomic E-state index is 13.4. The third-order valence-electron chi connectivity index (χ3n) is 5.34. The lowest BCUT2D eigenvalue weighted by molar-refractivity contribution is 0.0663. The average molecular weight is 460 g/mol. The molecule has 2 heterocycles. The molecule has 1 saturated heterocycles. The first kappa shape index (κ1) is 21.5. The summed E-state index contributed by atoms with van der Waals surface area (Å²) in [6.45, 7) is 0.150. The number of hydrogen-bond donors (Lipinski definition) is 0. The van der Waals surface area contributed by atoms with Gasteiger partial charge in [-0.25, -0.2) is 8.42 Å². The summed E-state index contributed by atoms with van der Waals surface area (Å²) in [5.41, 5.74) is 1.21. The van der Waals surface area contributed by atoms with E-state index in [9.17, 15) is 13.2 Å². The molecular weight excluding hydrogens is 438 g/mol. The maximum Gasteiger partial charge on any atom is 0.258 e. The first-order valence-electron chi connectivity index (χ1n) is 9.85. The van der Waals surface area contributed by atoms with Gasteiger partial charge < -0.3 is 14.1 Å². The molecule has 6 nitrogen and oxygen atoms in total. The van der Waals surface area contributed by atoms with Crippen molar-refractivity contribution in [2.24, 2.45) is 0 Å². The van der Waals surface area contributed by atoms with Crippen molar-refractivity contribution in [3.63, 3.8) is 0 Å². The minimum Gasteiger partial charge on any atom is -0.496 e. The Labute approximate surface area is 186 Å². The molecule has 0 spiro atoms. The van der Waals surface area contributed by atoms with Crippen molar-refractivity contribution in [3.8, 4) is 17.1 Å². The van der Waals surface area contributed by atoms with Gasteiger partial charge in [0, 0.05) is 16.6 Å². The van der Waals surface area contributed by atoms with Crippen LogP contribution in [0.1, 0.15) is 22.5 Å². The van der Waals surface area contributed by atoms with Crippen molar-refractivity contribution in [1.29, 1.82) is 0 Å². The third kappa shape index (κ3) is 4.78. The zero-order chi connectivity index (χ0) is 22.0. The number of methoxy groups -OCH3 is 1. The monoisotopic (exact) mass is 459 g/mol. The van der Waals surface area contributed by atoms with Gasteiger partial charge in [0.05, 0.1) is 30.7 Å². The number of sulfone groups is 1. The van der Waals surface area contributed by atoms with Crippen molar-refractivity contribution in [3.05, 3.63) is 77.0 Å². The van der Waals surface area contributed by atoms with Crippen LogP contribution in [0.25, 0.3) is 11.3 Å². The lowest BCUT2D eigenvalue weighted by Gasteiger charge is -2.28. The zero-order valence-corrected chi connectivity index (χ0v) is 18.5. The summed E-state index contributed by atoms with van der Waals surface area (Å²) < 4.78 is 35.5. The van der Waals surface area contributed by atoms with E-state index in [1.807, 2.05) is 18.2 Å². The highest BCUT2D eigenvalue weighted by Crippen LogP contribution is 2.29. The molecule has 1 atom stereocenters. The van der Waals surface area contributed by atoms with Crippen molar-refractivity contribution in [2.75, 3.05) is 18.6 Å². The molecule has 0 unspecified atom stereocenters. The molecule has 31 heavy (non-hydrogen) atoms. The van der Waals surface area contributed by atoms with Crippen LogP contribution >= 0.6 is 11.6 Å². The number of carbonyl (C=O) groups excluding carboxylic acids is 1. The number of ether oxygens (including phenoxy) is 1. The van der Waals surface area contributed by atoms with Crippen LogP contribution in [0.5, 0.6) is 5.75 Å². The molecule has 1 amide bonds. The highest BCUT2D eigenvalue weighted by molar-refractivity contribution is 7.91. The Morgan fingerprint density at radius 2 is 1.97 bits per heavy atom. The predicted octanol–water partition coefficient (Wildman–Crippen LogP) is 4.44. The van der Waals surface area contributed by atoms with Crippen LogP contribution in [-0.2, 0) is 16.4 Å². The SMILES string of the molecule is COc1ccccc1C(=O)N(Cc1ccc(-c2cccc(Cl)c2)o1)[C@H]1CCS(=O)(=O)C1. The van der Waals surface area contributed by atoms with Gasteiger partial charge >= 0.3 is 0 Å². The van der Waals surface area contributed by atoms with E-state index in [1.54, 1.807) is 47.4 Å². The number of furan rings is 1. The lowest BCUT2D eigenvalue weighted by Crippen LogP contribution is -2.40. The molecule has 2 aromatic carbocycles. The van der Waals surface area contributed by atoms with E-state index >= 15 is 0 Å². The third-order valence-corrected chi connectivity index (χ3v) is 7.33. The second-order valence-electron chi connectivity index (χ2n) is 7.47. The predicted molar refractivity (Wildman–Crippen MR) is 119 cm³/mol. The number of carbonyl (C=O) groups is 1. The number of halogens is 1. The van der Waals surface area contributed by atoms with Crippen LogP contribution in [0.3, 0.4) is 0 Å². The van der Waals surface area contributed by atoms with Gasteiger partial charge in [0.15, 0.2) is 9.84 Å². The minimum atomic E-state index is -3.18. The fourth-order valence-corrected chi connectivity index (χ4v) is 5.71. The van der Waals surface area contributed by atoms with Gasteiger partial charge in [-0.05, 0) is 42.8 Å². The van der Waals surface area contributed by atoms with Crippen molar-refractivity contribution >= 4 is 27.3 Å². The van der Waals surface area contributed by atoms with Gasteiger partial charge in [-0.15, -0.1) is 0 Å². The van der Waals surface area contributed by atoms with E-state index in [1.165, 1.54) is 7.11 Å². The van der Waals surface area contributed by atoms with Crippen LogP contribution in [-0.4, -0.2) is 43.9 Å².